The molecule has 2 aromatic rings. The highest BCUT2D eigenvalue weighted by atomic mass is 19.4. The average molecular weight is 381 g/mol. The van der Waals surface area contributed by atoms with E-state index in [0.717, 1.165) is 12.3 Å². The number of amides is 2. The topological polar surface area (TPSA) is 80.2 Å². The van der Waals surface area contributed by atoms with Gasteiger partial charge < -0.3 is 15.0 Å². The van der Waals surface area contributed by atoms with Crippen molar-refractivity contribution in [3.63, 3.8) is 0 Å². The van der Waals surface area contributed by atoms with Crippen molar-refractivity contribution in [2.24, 2.45) is 0 Å². The zero-order valence-electron chi connectivity index (χ0n) is 14.3. The van der Waals surface area contributed by atoms with E-state index in [4.69, 9.17) is 4.74 Å². The number of carbonyl (C=O) groups is 1. The lowest BCUT2D eigenvalue weighted by atomic mass is 10.1. The smallest absolute Gasteiger partial charge is 0.433 e. The fourth-order valence-corrected chi connectivity index (χ4v) is 2.66. The highest BCUT2D eigenvalue weighted by molar-refractivity contribution is 5.74. The summed E-state index contributed by atoms with van der Waals surface area (Å²) in [5, 5.41) is 2.69. The maximum absolute atomic E-state index is 12.5. The molecule has 0 unspecified atom stereocenters. The fraction of sp³-hybridized carbons (Fsp3) is 0.412. The van der Waals surface area contributed by atoms with Gasteiger partial charge in [0.2, 0.25) is 0 Å². The van der Waals surface area contributed by atoms with Gasteiger partial charge in [-0.1, -0.05) is 6.07 Å². The van der Waals surface area contributed by atoms with Crippen LogP contribution in [0, 0.1) is 0 Å². The number of nitrogens with zero attached hydrogens (tertiary/aromatic N) is 4. The zero-order valence-corrected chi connectivity index (χ0v) is 14.3. The number of hydrogen-bond acceptors (Lipinski definition) is 5. The molecule has 0 aliphatic carbocycles. The number of piperidine rings is 1. The number of nitrogens with one attached hydrogen (secondary N) is 1. The minimum atomic E-state index is -4.47. The minimum absolute atomic E-state index is 0.0597. The highest BCUT2D eigenvalue weighted by Gasteiger charge is 2.32. The molecule has 144 valence electrons. The van der Waals surface area contributed by atoms with E-state index in [1.165, 1.54) is 6.07 Å². The van der Waals surface area contributed by atoms with E-state index in [0.29, 0.717) is 37.5 Å². The minimum Gasteiger partial charge on any atom is -0.460 e. The predicted octanol–water partition coefficient (Wildman–Crippen LogP) is 2.64. The van der Waals surface area contributed by atoms with E-state index < -0.39 is 11.9 Å². The number of urea groups is 1. The molecule has 0 bridgehead atoms. The third kappa shape index (κ3) is 5.28. The maximum Gasteiger partial charge on any atom is 0.433 e. The van der Waals surface area contributed by atoms with Crippen molar-refractivity contribution in [2.75, 3.05) is 13.1 Å². The number of likely N-dealkylation sites (tertiary alicyclic amines) is 1. The number of rotatable bonds is 4. The number of ether oxygens (including phenoxy) is 1. The third-order valence-electron chi connectivity index (χ3n) is 4.10. The Labute approximate surface area is 153 Å². The van der Waals surface area contributed by atoms with Gasteiger partial charge in [-0.05, 0) is 17.7 Å². The Morgan fingerprint density at radius 2 is 1.89 bits per heavy atom. The van der Waals surface area contributed by atoms with Gasteiger partial charge in [-0.15, -0.1) is 0 Å². The second-order valence-electron chi connectivity index (χ2n) is 6.04. The second-order valence-corrected chi connectivity index (χ2v) is 6.04. The lowest BCUT2D eigenvalue weighted by molar-refractivity contribution is -0.141. The van der Waals surface area contributed by atoms with Crippen LogP contribution in [0.1, 0.15) is 24.1 Å². The van der Waals surface area contributed by atoms with E-state index in [1.54, 1.807) is 23.4 Å². The van der Waals surface area contributed by atoms with Crippen molar-refractivity contribution in [1.29, 1.82) is 0 Å². The molecule has 0 aromatic carbocycles. The van der Waals surface area contributed by atoms with Crippen molar-refractivity contribution in [3.8, 4) is 6.01 Å². The number of carbonyl (C=O) groups excluding carboxylic acids is 1. The molecule has 2 aromatic heterocycles. The SMILES string of the molecule is O=C(NCc1ccc(C(F)(F)F)nc1)N1CCC(Oc2ncccn2)CC1. The molecule has 10 heteroatoms. The van der Waals surface area contributed by atoms with Gasteiger partial charge in [-0.3, -0.25) is 4.98 Å². The van der Waals surface area contributed by atoms with Gasteiger partial charge in [0.05, 0.1) is 0 Å². The van der Waals surface area contributed by atoms with Crippen molar-refractivity contribution < 1.29 is 22.7 Å². The number of hydrogen-bond donors (Lipinski definition) is 1. The summed E-state index contributed by atoms with van der Waals surface area (Å²) in [6, 6.07) is 3.94. The van der Waals surface area contributed by atoms with Crippen molar-refractivity contribution in [1.82, 2.24) is 25.2 Å². The largest absolute Gasteiger partial charge is 0.460 e. The quantitative estimate of drug-likeness (QED) is 0.881. The molecule has 1 saturated heterocycles. The van der Waals surface area contributed by atoms with E-state index >= 15 is 0 Å². The Bertz CT molecular complexity index is 747. The second kappa shape index (κ2) is 8.19. The first-order valence-electron chi connectivity index (χ1n) is 8.40. The van der Waals surface area contributed by atoms with Crippen LogP contribution < -0.4 is 10.1 Å². The van der Waals surface area contributed by atoms with Gasteiger partial charge in [0.1, 0.15) is 11.8 Å². The summed E-state index contributed by atoms with van der Waals surface area (Å²) in [7, 11) is 0. The van der Waals surface area contributed by atoms with Crippen LogP contribution in [-0.4, -0.2) is 45.1 Å². The number of halogens is 3. The highest BCUT2D eigenvalue weighted by Crippen LogP contribution is 2.27. The van der Waals surface area contributed by atoms with Crippen LogP contribution in [0.25, 0.3) is 0 Å². The maximum atomic E-state index is 12.5. The van der Waals surface area contributed by atoms with Crippen LogP contribution in [-0.2, 0) is 12.7 Å². The van der Waals surface area contributed by atoms with Crippen molar-refractivity contribution in [2.45, 2.75) is 31.7 Å². The summed E-state index contributed by atoms with van der Waals surface area (Å²) in [5.74, 6) is 0. The number of alkyl halides is 3. The Balaban J connectivity index is 1.43. The van der Waals surface area contributed by atoms with Crippen LogP contribution in [0.2, 0.25) is 0 Å². The average Bonchev–Trinajstić information content (AvgIpc) is 2.67. The molecule has 0 saturated carbocycles. The predicted molar refractivity (Wildman–Crippen MR) is 88.7 cm³/mol. The molecule has 3 heterocycles. The van der Waals surface area contributed by atoms with Gasteiger partial charge in [-0.2, -0.15) is 13.2 Å². The van der Waals surface area contributed by atoms with Crippen LogP contribution in [0.3, 0.4) is 0 Å². The molecule has 27 heavy (non-hydrogen) atoms. The molecule has 0 spiro atoms. The molecule has 2 amide bonds. The zero-order chi connectivity index (χ0) is 19.3. The molecule has 1 aliphatic heterocycles. The summed E-state index contributed by atoms with van der Waals surface area (Å²) in [4.78, 5) is 25.2. The molecule has 1 aliphatic rings. The molecular weight excluding hydrogens is 363 g/mol. The summed E-state index contributed by atoms with van der Waals surface area (Å²) in [6.45, 7) is 1.13. The van der Waals surface area contributed by atoms with Crippen LogP contribution in [0.5, 0.6) is 6.01 Å². The molecule has 1 fully saturated rings. The lowest BCUT2D eigenvalue weighted by Crippen LogP contribution is -2.46. The molecule has 0 atom stereocenters. The first kappa shape index (κ1) is 18.9. The molecular formula is C17H18F3N5O2. The van der Waals surface area contributed by atoms with E-state index in [2.05, 4.69) is 20.3 Å². The Morgan fingerprint density at radius 3 is 2.48 bits per heavy atom. The van der Waals surface area contributed by atoms with Crippen LogP contribution in [0.4, 0.5) is 18.0 Å². The number of pyridine rings is 1. The molecule has 0 radical (unpaired) electrons. The van der Waals surface area contributed by atoms with Gasteiger partial charge in [-0.25, -0.2) is 14.8 Å². The summed E-state index contributed by atoms with van der Waals surface area (Å²) < 4.78 is 43.1. The van der Waals surface area contributed by atoms with E-state index in [-0.39, 0.29) is 18.7 Å². The van der Waals surface area contributed by atoms with Crippen molar-refractivity contribution in [3.05, 3.63) is 48.0 Å². The summed E-state index contributed by atoms with van der Waals surface area (Å²) in [5.41, 5.74) is -0.460. The fourth-order valence-electron chi connectivity index (χ4n) is 2.66. The van der Waals surface area contributed by atoms with E-state index in [1.807, 2.05) is 0 Å². The Kier molecular flexibility index (Phi) is 5.72. The van der Waals surface area contributed by atoms with Gasteiger partial charge >= 0.3 is 18.2 Å². The van der Waals surface area contributed by atoms with Gasteiger partial charge in [0.25, 0.3) is 0 Å². The molecule has 7 nitrogen and oxygen atoms in total. The van der Waals surface area contributed by atoms with Gasteiger partial charge in [0, 0.05) is 51.1 Å². The van der Waals surface area contributed by atoms with Crippen LogP contribution >= 0.6 is 0 Å². The Hall–Kier alpha value is -2.91. The third-order valence-corrected chi connectivity index (χ3v) is 4.10. The Morgan fingerprint density at radius 1 is 1.19 bits per heavy atom. The molecule has 1 N–H and O–H groups in total. The first-order chi connectivity index (χ1) is 12.9. The summed E-state index contributed by atoms with van der Waals surface area (Å²) >= 11 is 0. The lowest BCUT2D eigenvalue weighted by Gasteiger charge is -2.31. The van der Waals surface area contributed by atoms with Crippen molar-refractivity contribution >= 4 is 6.03 Å². The standard InChI is InChI=1S/C17H18F3N5O2/c18-17(19,20)14-3-2-12(10-23-14)11-24-16(26)25-8-4-13(5-9-25)27-15-21-6-1-7-22-15/h1-3,6-7,10,13H,4-5,8-9,11H2,(H,24,26). The molecule has 3 rings (SSSR count). The monoisotopic (exact) mass is 381 g/mol. The first-order valence-corrected chi connectivity index (χ1v) is 8.40. The normalized spacial score (nSPS) is 15.4. The summed E-state index contributed by atoms with van der Waals surface area (Å²) in [6.07, 6.45) is 1.07. The van der Waals surface area contributed by atoms with E-state index in [9.17, 15) is 18.0 Å². The van der Waals surface area contributed by atoms with Crippen LogP contribution in [0.15, 0.2) is 36.8 Å². The number of aromatic nitrogens is 3. The van der Waals surface area contributed by atoms with Gasteiger partial charge in [0.15, 0.2) is 0 Å².